The number of aromatic nitrogens is 1. The summed E-state index contributed by atoms with van der Waals surface area (Å²) in [6.45, 7) is 5.52. The van der Waals surface area contributed by atoms with Crippen LogP contribution in [0.5, 0.6) is 0 Å². The normalized spacial score (nSPS) is 21.3. The summed E-state index contributed by atoms with van der Waals surface area (Å²) in [7, 11) is 2.50. The molecule has 40 heavy (non-hydrogen) atoms. The third-order valence-electron chi connectivity index (χ3n) is 6.51. The van der Waals surface area contributed by atoms with Crippen molar-refractivity contribution in [3.8, 4) is 0 Å². The van der Waals surface area contributed by atoms with Gasteiger partial charge >= 0.3 is 18.0 Å². The number of halogens is 2. The van der Waals surface area contributed by atoms with E-state index in [0.717, 1.165) is 6.07 Å². The Morgan fingerprint density at radius 2 is 1.95 bits per heavy atom. The van der Waals surface area contributed by atoms with Crippen LogP contribution in [-0.2, 0) is 23.8 Å². The molecule has 1 aromatic heterocycles. The molecule has 1 amide bonds. The average Bonchev–Trinajstić information content (AvgIpc) is 3.45. The second kappa shape index (κ2) is 11.9. The van der Waals surface area contributed by atoms with Gasteiger partial charge in [0.2, 0.25) is 0 Å². The molecule has 1 unspecified atom stereocenters. The summed E-state index contributed by atoms with van der Waals surface area (Å²) in [6.07, 6.45) is 1.34. The van der Waals surface area contributed by atoms with E-state index in [0.29, 0.717) is 22.1 Å². The molecule has 1 fully saturated rings. The van der Waals surface area contributed by atoms with Gasteiger partial charge in [-0.1, -0.05) is 17.7 Å². The van der Waals surface area contributed by atoms with Crippen LogP contribution in [0.2, 0.25) is 5.02 Å². The van der Waals surface area contributed by atoms with Gasteiger partial charge in [0, 0.05) is 46.9 Å². The number of hydrogen-bond acceptors (Lipinski definition) is 10. The summed E-state index contributed by atoms with van der Waals surface area (Å²) in [5, 5.41) is 5.60. The van der Waals surface area contributed by atoms with Crippen molar-refractivity contribution < 1.29 is 33.0 Å². The molecule has 2 aliphatic rings. The predicted octanol–water partition coefficient (Wildman–Crippen LogP) is 4.50. The second-order valence-electron chi connectivity index (χ2n) is 10.3. The van der Waals surface area contributed by atoms with E-state index in [1.807, 2.05) is 0 Å². The molecule has 3 atom stereocenters. The fourth-order valence-electron chi connectivity index (χ4n) is 4.77. The van der Waals surface area contributed by atoms with Crippen molar-refractivity contribution in [3.63, 3.8) is 0 Å². The number of thiazole rings is 1. The summed E-state index contributed by atoms with van der Waals surface area (Å²) in [5.74, 6) is -2.92. The molecular weight excluding hydrogens is 563 g/mol. The largest absolute Gasteiger partial charge is 0.469 e. The van der Waals surface area contributed by atoms with E-state index in [-0.39, 0.29) is 30.1 Å². The minimum Gasteiger partial charge on any atom is -0.469 e. The smallest absolute Gasteiger partial charge is 0.410 e. The lowest BCUT2D eigenvalue weighted by molar-refractivity contribution is -0.149. The van der Waals surface area contributed by atoms with Crippen molar-refractivity contribution in [2.45, 2.75) is 38.8 Å². The summed E-state index contributed by atoms with van der Waals surface area (Å²) < 4.78 is 29.7. The Labute approximate surface area is 240 Å². The highest BCUT2D eigenvalue weighted by Gasteiger charge is 2.44. The highest BCUT2D eigenvalue weighted by molar-refractivity contribution is 7.11. The zero-order chi connectivity index (χ0) is 29.2. The molecule has 0 spiro atoms. The zero-order valence-corrected chi connectivity index (χ0v) is 24.3. The first-order valence-electron chi connectivity index (χ1n) is 12.5. The van der Waals surface area contributed by atoms with Gasteiger partial charge in [-0.25, -0.2) is 19.0 Å². The molecule has 1 aromatic carbocycles. The SMILES string of the molecule is COC(=O)C1=C([C@H]2CCN(C(=O)OC(C)(C)C)C[C@H]2C(=O)OC)NC(c2nccs2)=NC1c1ccc(F)cc1Cl. The number of piperidine rings is 1. The summed E-state index contributed by atoms with van der Waals surface area (Å²) >= 11 is 7.76. The molecule has 0 radical (unpaired) electrons. The van der Waals surface area contributed by atoms with Gasteiger partial charge in [-0.2, -0.15) is 0 Å². The Balaban J connectivity index is 1.84. The number of carbonyl (C=O) groups excluding carboxylic acids is 3. The van der Waals surface area contributed by atoms with Crippen LogP contribution in [-0.4, -0.2) is 66.7 Å². The van der Waals surface area contributed by atoms with E-state index in [4.69, 9.17) is 30.8 Å². The van der Waals surface area contributed by atoms with Gasteiger partial charge in [0.05, 0.1) is 25.7 Å². The van der Waals surface area contributed by atoms with E-state index >= 15 is 0 Å². The van der Waals surface area contributed by atoms with E-state index in [2.05, 4.69) is 10.3 Å². The fourth-order valence-corrected chi connectivity index (χ4v) is 5.63. The molecule has 3 heterocycles. The van der Waals surface area contributed by atoms with Crippen LogP contribution in [0, 0.1) is 17.7 Å². The van der Waals surface area contributed by atoms with Crippen molar-refractivity contribution >= 4 is 46.8 Å². The van der Waals surface area contributed by atoms with Crippen LogP contribution < -0.4 is 5.32 Å². The number of nitrogens with zero attached hydrogens (tertiary/aromatic N) is 3. The molecule has 1 saturated heterocycles. The predicted molar refractivity (Wildman–Crippen MR) is 146 cm³/mol. The lowest BCUT2D eigenvalue weighted by Gasteiger charge is -2.40. The molecule has 214 valence electrons. The van der Waals surface area contributed by atoms with Gasteiger partial charge in [0.1, 0.15) is 17.5 Å². The Morgan fingerprint density at radius 1 is 1.20 bits per heavy atom. The molecule has 0 bridgehead atoms. The molecule has 1 N–H and O–H groups in total. The summed E-state index contributed by atoms with van der Waals surface area (Å²) in [5.41, 5.74) is 0.135. The summed E-state index contributed by atoms with van der Waals surface area (Å²) in [4.78, 5) is 49.8. The standard InChI is InChI=1S/C27H30ClFN4O6S/c1-27(2,3)39-26(36)33-10-8-15(17(13-33)24(34)37-4)20-19(25(35)38-5)21(16-7-6-14(29)12-18(16)28)32-22(31-20)23-30-9-11-40-23/h6-7,9,11-12,15,17,21H,8,10,13H2,1-5H3,(H,31,32)/t15-,17+,21?/m0/s1. The quantitative estimate of drug-likeness (QED) is 0.398. The number of hydrogen-bond donors (Lipinski definition) is 1. The minimum absolute atomic E-state index is 0.00240. The van der Waals surface area contributed by atoms with Crippen LogP contribution in [0.1, 0.15) is 43.8 Å². The topological polar surface area (TPSA) is 119 Å². The summed E-state index contributed by atoms with van der Waals surface area (Å²) in [6, 6.07) is 2.84. The van der Waals surface area contributed by atoms with Gasteiger partial charge in [0.25, 0.3) is 0 Å². The van der Waals surface area contributed by atoms with E-state index < -0.39 is 47.3 Å². The van der Waals surface area contributed by atoms with Crippen molar-refractivity contribution in [1.29, 1.82) is 0 Å². The van der Waals surface area contributed by atoms with Crippen LogP contribution >= 0.6 is 22.9 Å². The number of amidine groups is 1. The maximum atomic E-state index is 13.9. The number of esters is 2. The Bertz CT molecular complexity index is 1360. The van der Waals surface area contributed by atoms with Crippen LogP contribution in [0.15, 0.2) is 46.0 Å². The number of aliphatic imine (C=N–C) groups is 1. The molecule has 0 aliphatic carbocycles. The maximum absolute atomic E-state index is 13.9. The van der Waals surface area contributed by atoms with Crippen LogP contribution in [0.25, 0.3) is 0 Å². The second-order valence-corrected chi connectivity index (χ2v) is 11.6. The number of allylic oxidation sites excluding steroid dienone is 1. The number of nitrogens with one attached hydrogen (secondary N) is 1. The highest BCUT2D eigenvalue weighted by atomic mass is 35.5. The number of ether oxygens (including phenoxy) is 3. The lowest BCUT2D eigenvalue weighted by Crippen LogP contribution is -2.51. The number of carbonyl (C=O) groups is 3. The molecule has 0 saturated carbocycles. The number of amides is 1. The maximum Gasteiger partial charge on any atom is 0.410 e. The number of benzene rings is 1. The monoisotopic (exact) mass is 592 g/mol. The number of rotatable bonds is 5. The first kappa shape index (κ1) is 29.5. The van der Waals surface area contributed by atoms with Crippen LogP contribution in [0.4, 0.5) is 9.18 Å². The highest BCUT2D eigenvalue weighted by Crippen LogP contribution is 2.41. The zero-order valence-electron chi connectivity index (χ0n) is 22.7. The molecule has 2 aliphatic heterocycles. The first-order chi connectivity index (χ1) is 18.9. The van der Waals surface area contributed by atoms with Gasteiger partial charge in [-0.05, 0) is 39.3 Å². The van der Waals surface area contributed by atoms with Gasteiger partial charge in [-0.3, -0.25) is 9.79 Å². The fraction of sp³-hybridized carbons (Fsp3) is 0.444. The van der Waals surface area contributed by atoms with Crippen molar-refractivity contribution in [1.82, 2.24) is 15.2 Å². The van der Waals surface area contributed by atoms with Gasteiger partial charge in [-0.15, -0.1) is 11.3 Å². The van der Waals surface area contributed by atoms with Crippen molar-refractivity contribution in [2.24, 2.45) is 16.8 Å². The molecular formula is C27H30ClFN4O6S. The van der Waals surface area contributed by atoms with Crippen LogP contribution in [0.3, 0.4) is 0 Å². The van der Waals surface area contributed by atoms with E-state index in [1.54, 1.807) is 32.3 Å². The molecule has 4 rings (SSSR count). The number of likely N-dealkylation sites (tertiary alicyclic amines) is 1. The Hall–Kier alpha value is -3.51. The average molecular weight is 593 g/mol. The molecule has 13 heteroatoms. The van der Waals surface area contributed by atoms with E-state index in [9.17, 15) is 18.8 Å². The van der Waals surface area contributed by atoms with E-state index in [1.165, 1.54) is 42.6 Å². The molecule has 2 aromatic rings. The third kappa shape index (κ3) is 6.28. The van der Waals surface area contributed by atoms with Gasteiger partial charge in [0.15, 0.2) is 10.8 Å². The number of methoxy groups -OCH3 is 2. The minimum atomic E-state index is -0.988. The molecule has 10 nitrogen and oxygen atoms in total. The third-order valence-corrected chi connectivity index (χ3v) is 7.62. The Kier molecular flexibility index (Phi) is 8.79. The lowest BCUT2D eigenvalue weighted by atomic mass is 9.79. The Morgan fingerprint density at radius 3 is 2.55 bits per heavy atom. The van der Waals surface area contributed by atoms with Crippen molar-refractivity contribution in [2.75, 3.05) is 27.3 Å². The first-order valence-corrected chi connectivity index (χ1v) is 13.8. The van der Waals surface area contributed by atoms with Gasteiger partial charge < -0.3 is 24.4 Å². The van der Waals surface area contributed by atoms with Crippen molar-refractivity contribution in [3.05, 3.63) is 62.5 Å².